The van der Waals surface area contributed by atoms with Crippen LogP contribution in [0.5, 0.6) is 0 Å². The first kappa shape index (κ1) is 13.9. The summed E-state index contributed by atoms with van der Waals surface area (Å²) in [5, 5.41) is 1.98. The maximum Gasteiger partial charge on any atom is 0.0408 e. The van der Waals surface area contributed by atoms with Gasteiger partial charge in [0.25, 0.3) is 0 Å². The van der Waals surface area contributed by atoms with Crippen LogP contribution in [0.3, 0.4) is 0 Å². The molecule has 2 fully saturated rings. The molecule has 2 saturated carbocycles. The number of alkyl halides is 1. The Balaban J connectivity index is 1.59. The molecule has 0 aliphatic heterocycles. The van der Waals surface area contributed by atoms with E-state index in [1.807, 2.05) is 6.07 Å². The van der Waals surface area contributed by atoms with E-state index in [0.29, 0.717) is 0 Å². The van der Waals surface area contributed by atoms with E-state index >= 15 is 0 Å². The first-order chi connectivity index (χ1) is 9.24. The number of hydrogen-bond acceptors (Lipinski definition) is 0. The summed E-state index contributed by atoms with van der Waals surface area (Å²) in [6, 6.07) is 8.37. The van der Waals surface area contributed by atoms with Crippen molar-refractivity contribution in [2.45, 2.75) is 38.5 Å². The van der Waals surface area contributed by atoms with Gasteiger partial charge in [-0.3, -0.25) is 0 Å². The van der Waals surface area contributed by atoms with Crippen molar-refractivity contribution >= 4 is 27.5 Å². The zero-order valence-corrected chi connectivity index (χ0v) is 13.7. The van der Waals surface area contributed by atoms with Crippen molar-refractivity contribution in [1.82, 2.24) is 0 Å². The van der Waals surface area contributed by atoms with E-state index in [1.165, 1.54) is 44.1 Å². The lowest BCUT2D eigenvalue weighted by Gasteiger charge is -2.26. The van der Waals surface area contributed by atoms with Gasteiger partial charge in [0, 0.05) is 10.4 Å². The Kier molecular flexibility index (Phi) is 4.54. The van der Waals surface area contributed by atoms with Crippen LogP contribution in [0.15, 0.2) is 24.3 Å². The van der Waals surface area contributed by atoms with Crippen molar-refractivity contribution in [3.63, 3.8) is 0 Å². The van der Waals surface area contributed by atoms with Crippen molar-refractivity contribution in [2.24, 2.45) is 23.7 Å². The molecule has 2 bridgehead atoms. The molecular weight excluding hydrogens is 320 g/mol. The normalized spacial score (nSPS) is 30.7. The van der Waals surface area contributed by atoms with Crippen LogP contribution in [0.1, 0.15) is 37.7 Å². The molecule has 0 N–H and O–H groups in total. The molecule has 0 nitrogen and oxygen atoms in total. The van der Waals surface area contributed by atoms with Crippen LogP contribution in [0.2, 0.25) is 5.02 Å². The third-order valence-electron chi connectivity index (χ3n) is 5.15. The molecule has 0 aromatic heterocycles. The zero-order chi connectivity index (χ0) is 13.2. The Hall–Kier alpha value is -0.0100. The van der Waals surface area contributed by atoms with Gasteiger partial charge in [0.15, 0.2) is 0 Å². The van der Waals surface area contributed by atoms with Gasteiger partial charge in [-0.1, -0.05) is 46.1 Å². The molecule has 2 aliphatic rings. The van der Waals surface area contributed by atoms with Crippen LogP contribution < -0.4 is 0 Å². The summed E-state index contributed by atoms with van der Waals surface area (Å²) in [6.45, 7) is 0. The SMILES string of the molecule is Clc1cccc(CC(CBr)CC2CC3CCC2C3)c1. The molecule has 4 unspecified atom stereocenters. The van der Waals surface area contributed by atoms with E-state index < -0.39 is 0 Å². The highest BCUT2D eigenvalue weighted by atomic mass is 79.9. The number of hydrogen-bond donors (Lipinski definition) is 0. The Bertz CT molecular complexity index is 431. The Morgan fingerprint density at radius 3 is 2.79 bits per heavy atom. The van der Waals surface area contributed by atoms with Crippen LogP contribution >= 0.6 is 27.5 Å². The topological polar surface area (TPSA) is 0 Å². The number of halogens is 2. The second-order valence-corrected chi connectivity index (χ2v) is 7.61. The van der Waals surface area contributed by atoms with E-state index in [2.05, 4.69) is 34.1 Å². The monoisotopic (exact) mass is 340 g/mol. The molecule has 0 spiro atoms. The second kappa shape index (κ2) is 6.18. The van der Waals surface area contributed by atoms with Gasteiger partial charge in [0.2, 0.25) is 0 Å². The molecule has 104 valence electrons. The van der Waals surface area contributed by atoms with Gasteiger partial charge in [-0.05, 0) is 73.5 Å². The highest BCUT2D eigenvalue weighted by molar-refractivity contribution is 9.09. The van der Waals surface area contributed by atoms with Gasteiger partial charge >= 0.3 is 0 Å². The number of benzene rings is 1. The molecule has 0 heterocycles. The summed E-state index contributed by atoms with van der Waals surface area (Å²) in [5.74, 6) is 3.88. The molecule has 0 saturated heterocycles. The van der Waals surface area contributed by atoms with Crippen LogP contribution in [0.25, 0.3) is 0 Å². The summed E-state index contributed by atoms with van der Waals surface area (Å²) < 4.78 is 0. The van der Waals surface area contributed by atoms with Gasteiger partial charge in [-0.2, -0.15) is 0 Å². The highest BCUT2D eigenvalue weighted by Crippen LogP contribution is 2.50. The fraction of sp³-hybridized carbons (Fsp3) is 0.647. The minimum Gasteiger partial charge on any atom is -0.0925 e. The lowest BCUT2D eigenvalue weighted by Crippen LogP contribution is -2.17. The van der Waals surface area contributed by atoms with Gasteiger partial charge in [-0.25, -0.2) is 0 Å². The molecule has 2 heteroatoms. The minimum absolute atomic E-state index is 0.766. The lowest BCUT2D eigenvalue weighted by molar-refractivity contribution is 0.277. The Morgan fingerprint density at radius 1 is 1.26 bits per heavy atom. The van der Waals surface area contributed by atoms with Gasteiger partial charge in [-0.15, -0.1) is 0 Å². The molecule has 1 aromatic carbocycles. The maximum absolute atomic E-state index is 6.08. The van der Waals surface area contributed by atoms with E-state index in [0.717, 1.165) is 34.0 Å². The molecule has 1 aromatic rings. The third-order valence-corrected chi connectivity index (χ3v) is 6.30. The third kappa shape index (κ3) is 3.36. The van der Waals surface area contributed by atoms with Crippen molar-refractivity contribution < 1.29 is 0 Å². The molecule has 0 radical (unpaired) electrons. The van der Waals surface area contributed by atoms with Crippen LogP contribution in [-0.4, -0.2) is 5.33 Å². The standard InChI is InChI=1S/C17H22BrCl/c18-11-14(6-12-2-1-3-17(19)10-12)9-16-8-13-4-5-15(16)7-13/h1-3,10,13-16H,4-9,11H2. The first-order valence-electron chi connectivity index (χ1n) is 7.55. The lowest BCUT2D eigenvalue weighted by atomic mass is 9.81. The summed E-state index contributed by atoms with van der Waals surface area (Å²) in [4.78, 5) is 0. The Morgan fingerprint density at radius 2 is 2.16 bits per heavy atom. The van der Waals surface area contributed by atoms with Gasteiger partial charge in [0.05, 0.1) is 0 Å². The van der Waals surface area contributed by atoms with Crippen molar-refractivity contribution in [1.29, 1.82) is 0 Å². The maximum atomic E-state index is 6.08. The summed E-state index contributed by atoms with van der Waals surface area (Å²) in [6.07, 6.45) is 8.61. The van der Waals surface area contributed by atoms with E-state index in [4.69, 9.17) is 11.6 Å². The first-order valence-corrected chi connectivity index (χ1v) is 9.05. The fourth-order valence-corrected chi connectivity index (χ4v) is 5.00. The van der Waals surface area contributed by atoms with Crippen molar-refractivity contribution in [2.75, 3.05) is 5.33 Å². The second-order valence-electron chi connectivity index (χ2n) is 6.53. The average molecular weight is 342 g/mol. The predicted molar refractivity (Wildman–Crippen MR) is 86.0 cm³/mol. The van der Waals surface area contributed by atoms with E-state index in [1.54, 1.807) is 0 Å². The molecule has 4 atom stereocenters. The fourth-order valence-electron chi connectivity index (χ4n) is 4.29. The van der Waals surface area contributed by atoms with Crippen LogP contribution in [-0.2, 0) is 6.42 Å². The minimum atomic E-state index is 0.766. The van der Waals surface area contributed by atoms with Crippen LogP contribution in [0, 0.1) is 23.7 Å². The highest BCUT2D eigenvalue weighted by Gasteiger charge is 2.39. The van der Waals surface area contributed by atoms with Crippen molar-refractivity contribution in [3.8, 4) is 0 Å². The zero-order valence-electron chi connectivity index (χ0n) is 11.3. The largest absolute Gasteiger partial charge is 0.0925 e. The molecular formula is C17H22BrCl. The summed E-state index contributed by atoms with van der Waals surface area (Å²) in [5.41, 5.74) is 1.39. The number of fused-ring (bicyclic) bond motifs is 2. The molecule has 3 rings (SSSR count). The van der Waals surface area contributed by atoms with Gasteiger partial charge < -0.3 is 0 Å². The molecule has 19 heavy (non-hydrogen) atoms. The van der Waals surface area contributed by atoms with E-state index in [9.17, 15) is 0 Å². The van der Waals surface area contributed by atoms with Crippen molar-refractivity contribution in [3.05, 3.63) is 34.9 Å². The average Bonchev–Trinajstić information content (AvgIpc) is 3.00. The quantitative estimate of drug-likeness (QED) is 0.601. The summed E-state index contributed by atoms with van der Waals surface area (Å²) >= 11 is 9.80. The Labute approximate surface area is 130 Å². The molecule has 0 amide bonds. The van der Waals surface area contributed by atoms with E-state index in [-0.39, 0.29) is 0 Å². The van der Waals surface area contributed by atoms with Crippen LogP contribution in [0.4, 0.5) is 0 Å². The smallest absolute Gasteiger partial charge is 0.0408 e. The number of rotatable bonds is 5. The van der Waals surface area contributed by atoms with Gasteiger partial charge in [0.1, 0.15) is 0 Å². The predicted octanol–water partition coefficient (Wildman–Crippen LogP) is 5.72. The summed E-state index contributed by atoms with van der Waals surface area (Å²) in [7, 11) is 0. The molecule has 2 aliphatic carbocycles.